The molecule has 0 saturated carbocycles. The van der Waals surface area contributed by atoms with Crippen LogP contribution in [0.1, 0.15) is 5.56 Å². The lowest BCUT2D eigenvalue weighted by Crippen LogP contribution is -2.05. The number of rotatable bonds is 4. The highest BCUT2D eigenvalue weighted by Gasteiger charge is 2.20. The van der Waals surface area contributed by atoms with Crippen LogP contribution in [0.4, 0.5) is 5.69 Å². The van der Waals surface area contributed by atoms with Gasteiger partial charge >= 0.3 is 0 Å². The van der Waals surface area contributed by atoms with Gasteiger partial charge in [0.25, 0.3) is 0 Å². The molecule has 194 valence electrons. The SMILES string of the molecule is C1=Cc2ccc3c(c2NC1)c1cc(-c2ccccc2)ccc1n3-c1cc(-c2cccnc2)cc(-c2cccnc2)c1. The van der Waals surface area contributed by atoms with E-state index in [-0.39, 0.29) is 0 Å². The number of aromatic nitrogens is 3. The number of hydrogen-bond acceptors (Lipinski definition) is 3. The molecule has 41 heavy (non-hydrogen) atoms. The van der Waals surface area contributed by atoms with Crippen LogP contribution in [0.3, 0.4) is 0 Å². The Labute approximate surface area is 238 Å². The molecule has 0 spiro atoms. The van der Waals surface area contributed by atoms with E-state index in [1.807, 2.05) is 36.9 Å². The van der Waals surface area contributed by atoms with Gasteiger partial charge in [0.05, 0.1) is 16.7 Å². The first-order valence-corrected chi connectivity index (χ1v) is 13.9. The summed E-state index contributed by atoms with van der Waals surface area (Å²) in [5.74, 6) is 0. The van der Waals surface area contributed by atoms with Crippen molar-refractivity contribution in [3.8, 4) is 39.1 Å². The zero-order chi connectivity index (χ0) is 27.2. The summed E-state index contributed by atoms with van der Waals surface area (Å²) in [4.78, 5) is 8.82. The van der Waals surface area contributed by atoms with Gasteiger partial charge in [0.15, 0.2) is 0 Å². The summed E-state index contributed by atoms with van der Waals surface area (Å²) in [6.45, 7) is 0.818. The second-order valence-electron chi connectivity index (χ2n) is 10.4. The van der Waals surface area contributed by atoms with Gasteiger partial charge in [-0.15, -0.1) is 0 Å². The highest BCUT2D eigenvalue weighted by molar-refractivity contribution is 6.17. The number of benzene rings is 4. The fourth-order valence-corrected chi connectivity index (χ4v) is 6.03. The van der Waals surface area contributed by atoms with Gasteiger partial charge < -0.3 is 9.88 Å². The molecule has 4 aromatic carbocycles. The van der Waals surface area contributed by atoms with Crippen molar-refractivity contribution in [3.05, 3.63) is 140 Å². The van der Waals surface area contributed by atoms with E-state index in [1.54, 1.807) is 0 Å². The molecule has 4 heterocycles. The Balaban J connectivity index is 1.45. The minimum absolute atomic E-state index is 0.818. The van der Waals surface area contributed by atoms with Gasteiger partial charge in [-0.1, -0.05) is 66.7 Å². The van der Waals surface area contributed by atoms with E-state index in [9.17, 15) is 0 Å². The maximum absolute atomic E-state index is 4.41. The fourth-order valence-electron chi connectivity index (χ4n) is 6.03. The number of hydrogen-bond donors (Lipinski definition) is 1. The molecule has 0 unspecified atom stereocenters. The Morgan fingerprint density at radius 3 is 2.00 bits per heavy atom. The van der Waals surface area contributed by atoms with Crippen LogP contribution in [0.15, 0.2) is 134 Å². The topological polar surface area (TPSA) is 42.7 Å². The van der Waals surface area contributed by atoms with Crippen LogP contribution in [0.2, 0.25) is 0 Å². The third kappa shape index (κ3) is 4.00. The molecule has 8 rings (SSSR count). The molecular formula is C37H26N4. The van der Waals surface area contributed by atoms with Crippen LogP contribution in [-0.2, 0) is 0 Å². The van der Waals surface area contributed by atoms with Crippen LogP contribution in [0.5, 0.6) is 0 Å². The molecule has 0 fully saturated rings. The monoisotopic (exact) mass is 526 g/mol. The molecule has 4 heteroatoms. The molecule has 4 nitrogen and oxygen atoms in total. The second kappa shape index (κ2) is 9.61. The van der Waals surface area contributed by atoms with Crippen molar-refractivity contribution in [2.24, 2.45) is 0 Å². The maximum atomic E-state index is 4.41. The van der Waals surface area contributed by atoms with Crippen LogP contribution in [0.25, 0.3) is 66.9 Å². The van der Waals surface area contributed by atoms with Crippen molar-refractivity contribution in [2.75, 3.05) is 11.9 Å². The molecule has 0 radical (unpaired) electrons. The van der Waals surface area contributed by atoms with E-state index in [2.05, 4.69) is 123 Å². The highest BCUT2D eigenvalue weighted by atomic mass is 15.0. The Hall–Kier alpha value is -5.48. The molecule has 0 bridgehead atoms. The van der Waals surface area contributed by atoms with Crippen LogP contribution in [-0.4, -0.2) is 21.1 Å². The van der Waals surface area contributed by atoms with Crippen LogP contribution < -0.4 is 5.32 Å². The zero-order valence-electron chi connectivity index (χ0n) is 22.3. The molecule has 0 saturated heterocycles. The van der Waals surface area contributed by atoms with Crippen molar-refractivity contribution < 1.29 is 0 Å². The van der Waals surface area contributed by atoms with Gasteiger partial charge in [-0.3, -0.25) is 9.97 Å². The van der Waals surface area contributed by atoms with Crippen molar-refractivity contribution >= 4 is 33.6 Å². The molecule has 3 aromatic heterocycles. The van der Waals surface area contributed by atoms with Gasteiger partial charge in [-0.2, -0.15) is 0 Å². The van der Waals surface area contributed by atoms with Crippen molar-refractivity contribution in [1.29, 1.82) is 0 Å². The van der Waals surface area contributed by atoms with Crippen molar-refractivity contribution in [2.45, 2.75) is 0 Å². The quantitative estimate of drug-likeness (QED) is 0.249. The van der Waals surface area contributed by atoms with E-state index < -0.39 is 0 Å². The standard InChI is InChI=1S/C37H26N4/c1-2-7-25(8-3-1)27-13-14-34-33(22-27)36-35(15-12-26-9-6-18-40-37(26)36)41(34)32-20-30(28-10-4-16-38-23-28)19-31(21-32)29-11-5-17-39-24-29/h1-17,19-24,40H,18H2. The third-order valence-corrected chi connectivity index (χ3v) is 7.93. The summed E-state index contributed by atoms with van der Waals surface area (Å²) >= 11 is 0. The van der Waals surface area contributed by atoms with E-state index in [1.165, 1.54) is 44.2 Å². The lowest BCUT2D eigenvalue weighted by molar-refractivity contribution is 1.18. The van der Waals surface area contributed by atoms with Crippen LogP contribution in [0, 0.1) is 0 Å². The Bertz CT molecular complexity index is 2020. The van der Waals surface area contributed by atoms with Crippen LogP contribution >= 0.6 is 0 Å². The van der Waals surface area contributed by atoms with Crippen molar-refractivity contribution in [1.82, 2.24) is 14.5 Å². The van der Waals surface area contributed by atoms with Gasteiger partial charge in [0, 0.05) is 58.9 Å². The molecule has 1 N–H and O–H groups in total. The molecule has 0 aliphatic carbocycles. The zero-order valence-corrected chi connectivity index (χ0v) is 22.3. The summed E-state index contributed by atoms with van der Waals surface area (Å²) in [6, 6.07) is 36.9. The number of nitrogens with one attached hydrogen (secondary N) is 1. The first kappa shape index (κ1) is 23.4. The average Bonchev–Trinajstić information content (AvgIpc) is 3.40. The summed E-state index contributed by atoms with van der Waals surface area (Å²) in [6.07, 6.45) is 11.9. The van der Waals surface area contributed by atoms with Gasteiger partial charge in [-0.05, 0) is 76.3 Å². The van der Waals surface area contributed by atoms with Crippen molar-refractivity contribution in [3.63, 3.8) is 0 Å². The first-order chi connectivity index (χ1) is 20.3. The number of fused-ring (bicyclic) bond motifs is 5. The summed E-state index contributed by atoms with van der Waals surface area (Å²) in [7, 11) is 0. The Morgan fingerprint density at radius 2 is 1.29 bits per heavy atom. The fraction of sp³-hybridized carbons (Fsp3) is 0.0270. The second-order valence-corrected chi connectivity index (χ2v) is 10.4. The van der Waals surface area contributed by atoms with E-state index in [0.717, 1.165) is 34.5 Å². The molecule has 1 aliphatic rings. The smallest absolute Gasteiger partial charge is 0.0562 e. The van der Waals surface area contributed by atoms with Gasteiger partial charge in [-0.25, -0.2) is 0 Å². The minimum atomic E-state index is 0.818. The predicted molar refractivity (Wildman–Crippen MR) is 170 cm³/mol. The van der Waals surface area contributed by atoms with E-state index in [0.29, 0.717) is 0 Å². The molecule has 1 aliphatic heterocycles. The predicted octanol–water partition coefficient (Wildman–Crippen LogP) is 9.01. The van der Waals surface area contributed by atoms with Gasteiger partial charge in [0.1, 0.15) is 0 Å². The molecular weight excluding hydrogens is 500 g/mol. The minimum Gasteiger partial charge on any atom is -0.381 e. The third-order valence-electron chi connectivity index (χ3n) is 7.93. The lowest BCUT2D eigenvalue weighted by atomic mass is 9.99. The highest BCUT2D eigenvalue weighted by Crippen LogP contribution is 2.42. The Morgan fingerprint density at radius 1 is 0.585 bits per heavy atom. The van der Waals surface area contributed by atoms with E-state index >= 15 is 0 Å². The molecule has 0 amide bonds. The average molecular weight is 527 g/mol. The molecule has 7 aromatic rings. The normalized spacial score (nSPS) is 12.4. The first-order valence-electron chi connectivity index (χ1n) is 13.9. The lowest BCUT2D eigenvalue weighted by Gasteiger charge is -2.16. The Kier molecular flexibility index (Phi) is 5.49. The molecule has 0 atom stereocenters. The van der Waals surface area contributed by atoms with Gasteiger partial charge in [0.2, 0.25) is 0 Å². The number of nitrogens with zero attached hydrogens (tertiary/aromatic N) is 3. The summed E-state index contributed by atoms with van der Waals surface area (Å²) < 4.78 is 2.40. The number of anilines is 1. The largest absolute Gasteiger partial charge is 0.381 e. The number of pyridine rings is 2. The maximum Gasteiger partial charge on any atom is 0.0562 e. The summed E-state index contributed by atoms with van der Waals surface area (Å²) in [5.41, 5.74) is 12.7. The van der Waals surface area contributed by atoms with E-state index in [4.69, 9.17) is 0 Å². The summed E-state index contributed by atoms with van der Waals surface area (Å²) in [5, 5.41) is 6.16.